The number of rotatable bonds is 10. The smallest absolute Gasteiger partial charge is 1.00 e. The Morgan fingerprint density at radius 1 is 0.575 bits per heavy atom. The normalized spacial score (nSPS) is 20.1. The van der Waals surface area contributed by atoms with Crippen molar-refractivity contribution in [2.75, 3.05) is 13.2 Å². The van der Waals surface area contributed by atoms with Crippen LogP contribution < -0.4 is 148 Å². The molecule has 4 aromatic carbocycles. The number of aromatic nitrogens is 7. The number of phenolic OH excluding ortho intramolecular Hbond substituents is 1. The van der Waals surface area contributed by atoms with Gasteiger partial charge in [-0.3, -0.25) is 19.2 Å². The Balaban J connectivity index is 0.000000172. The van der Waals surface area contributed by atoms with Gasteiger partial charge in [-0.2, -0.15) is 8.78 Å². The number of imidazole rings is 2. The van der Waals surface area contributed by atoms with E-state index < -0.39 is 0 Å². The van der Waals surface area contributed by atoms with Crippen LogP contribution in [-0.4, -0.2) is 88.2 Å². The second-order valence-corrected chi connectivity index (χ2v) is 21.8. The van der Waals surface area contributed by atoms with E-state index in [4.69, 9.17) is 24.3 Å². The van der Waals surface area contributed by atoms with Crippen molar-refractivity contribution in [2.45, 2.75) is 119 Å². The van der Waals surface area contributed by atoms with Gasteiger partial charge in [0.05, 0.1) is 46.5 Å². The first-order valence-corrected chi connectivity index (χ1v) is 28.6. The largest absolute Gasteiger partial charge is 1.00 e. The van der Waals surface area contributed by atoms with Crippen LogP contribution in [0.25, 0.3) is 22.1 Å². The number of ketones is 3. The monoisotopic (exact) mass is 1420 g/mol. The maximum atomic E-state index is 13.5. The number of Topliss-reactive ketones (excluding diaryl/α,β-unsaturated/α-hetero) is 1. The summed E-state index contributed by atoms with van der Waals surface area (Å²) >= 11 is 0. The number of pyridine rings is 3. The number of benzene rings is 4. The van der Waals surface area contributed by atoms with Crippen molar-refractivity contribution in [1.29, 1.82) is 0 Å². The van der Waals surface area contributed by atoms with Crippen molar-refractivity contribution in [2.24, 2.45) is 0 Å². The molecule has 21 heteroatoms. The molecule has 9 aromatic rings. The Morgan fingerprint density at radius 2 is 0.977 bits per heavy atom. The van der Waals surface area contributed by atoms with Crippen LogP contribution in [0, 0.1) is 11.9 Å². The molecule has 7 heterocycles. The van der Waals surface area contributed by atoms with Crippen LogP contribution >= 0.6 is 0 Å². The molecule has 2 spiro atoms. The van der Waals surface area contributed by atoms with Crippen LogP contribution in [0.2, 0.25) is 0 Å². The molecule has 87 heavy (non-hydrogen) atoms. The molecule has 5 fully saturated rings. The fraction of sp³-hybridized carbons (Fsp3) is 0.318. The third-order valence-electron chi connectivity index (χ3n) is 16.7. The third kappa shape index (κ3) is 17.8. The van der Waals surface area contributed by atoms with Gasteiger partial charge in [-0.1, -0.05) is 42.5 Å². The average Bonchev–Trinajstić information content (AvgIpc) is 2.52. The minimum atomic E-state index is -0.383. The summed E-state index contributed by atoms with van der Waals surface area (Å²) in [7, 11) is 0. The first-order valence-electron chi connectivity index (χ1n) is 28.6. The fourth-order valence-corrected chi connectivity index (χ4v) is 11.7. The molecule has 0 unspecified atom stereocenters. The summed E-state index contributed by atoms with van der Waals surface area (Å²) in [5, 5.41) is 17.6. The molecule has 5 aliphatic rings. The molecular weight excluding hydrogens is 1350 g/mol. The molecule has 3 aliphatic carbocycles. The maximum Gasteiger partial charge on any atom is 1.00 e. The van der Waals surface area contributed by atoms with Gasteiger partial charge in [0.15, 0.2) is 11.6 Å². The minimum Gasteiger partial charge on any atom is -1.00 e. The third-order valence-corrected chi connectivity index (χ3v) is 16.7. The number of para-hydroxylation sites is 4. The Kier molecular flexibility index (Phi) is 25.7. The molecule has 5 aromatic heterocycles. The van der Waals surface area contributed by atoms with E-state index >= 15 is 0 Å². The van der Waals surface area contributed by atoms with Crippen LogP contribution in [0.15, 0.2) is 152 Å². The number of halogens is 2. The topological polar surface area (TPSA) is 245 Å². The summed E-state index contributed by atoms with van der Waals surface area (Å²) in [6.07, 6.45) is 18.4. The number of nitrogens with zero attached hydrogens (tertiary/aromatic N) is 5. The van der Waals surface area contributed by atoms with Gasteiger partial charge in [0.2, 0.25) is 29.3 Å². The molecule has 2 saturated heterocycles. The van der Waals surface area contributed by atoms with Crippen molar-refractivity contribution in [3.8, 4) is 17.4 Å². The number of aromatic hydroxyl groups is 1. The van der Waals surface area contributed by atoms with E-state index in [9.17, 15) is 28.3 Å². The van der Waals surface area contributed by atoms with Crippen molar-refractivity contribution in [3.63, 3.8) is 0 Å². The maximum absolute atomic E-state index is 13.5. The van der Waals surface area contributed by atoms with Gasteiger partial charge < -0.3 is 40.9 Å². The average molecular weight is 1420 g/mol. The molecule has 440 valence electrons. The van der Waals surface area contributed by atoms with Gasteiger partial charge in [-0.25, -0.2) is 24.9 Å². The van der Waals surface area contributed by atoms with Crippen molar-refractivity contribution < 1.29 is 197 Å². The van der Waals surface area contributed by atoms with E-state index in [0.29, 0.717) is 70.4 Å². The van der Waals surface area contributed by atoms with Crippen molar-refractivity contribution in [1.82, 2.24) is 34.9 Å². The fourth-order valence-electron chi connectivity index (χ4n) is 11.7. The molecular formula is C66H65Cs2F2N7O10. The van der Waals surface area contributed by atoms with Crippen molar-refractivity contribution in [3.05, 3.63) is 203 Å². The minimum absolute atomic E-state index is 0. The van der Waals surface area contributed by atoms with E-state index in [1.54, 1.807) is 42.6 Å². The van der Waals surface area contributed by atoms with E-state index in [2.05, 4.69) is 45.8 Å². The number of hydrogen-bond acceptors (Lipinski definition) is 15. The number of ether oxygens (including phenoxy) is 3. The Bertz CT molecular complexity index is 3660. The quantitative estimate of drug-likeness (QED) is 0.0445. The summed E-state index contributed by atoms with van der Waals surface area (Å²) in [5.41, 5.74) is 7.18. The molecule has 17 nitrogen and oxygen atoms in total. The molecule has 3 saturated carbocycles. The number of aromatic amines is 2. The number of carbonyl (C=O) groups excluding carboxylic acids is 4. The number of H-pyrrole nitrogens is 2. The van der Waals surface area contributed by atoms with E-state index in [-0.39, 0.29) is 192 Å². The van der Waals surface area contributed by atoms with Crippen LogP contribution in [0.4, 0.5) is 8.78 Å². The first-order chi connectivity index (χ1) is 41.4. The number of phenols is 1. The zero-order valence-electron chi connectivity index (χ0n) is 49.7. The summed E-state index contributed by atoms with van der Waals surface area (Å²) in [4.78, 5) is 73.9. The van der Waals surface area contributed by atoms with Gasteiger partial charge >= 0.3 is 138 Å². The van der Waals surface area contributed by atoms with Crippen LogP contribution in [0.5, 0.6) is 17.4 Å². The van der Waals surface area contributed by atoms with Crippen molar-refractivity contribution >= 4 is 45.9 Å². The second kappa shape index (κ2) is 32.8. The first kappa shape index (κ1) is 68.1. The van der Waals surface area contributed by atoms with Crippen LogP contribution in [0.1, 0.15) is 158 Å². The van der Waals surface area contributed by atoms with E-state index in [1.807, 2.05) is 78.9 Å². The van der Waals surface area contributed by atoms with Gasteiger partial charge in [0.1, 0.15) is 17.3 Å². The predicted octanol–water partition coefficient (Wildman–Crippen LogP) is 6.34. The molecule has 0 radical (unpaired) electrons. The van der Waals surface area contributed by atoms with Crippen LogP contribution in [0.3, 0.4) is 0 Å². The van der Waals surface area contributed by atoms with Crippen LogP contribution in [-0.2, 0) is 24.0 Å². The Morgan fingerprint density at radius 3 is 1.39 bits per heavy atom. The zero-order valence-corrected chi connectivity index (χ0v) is 61.2. The molecule has 0 bridgehead atoms. The molecule has 0 atom stereocenters. The molecule has 2 aliphatic heterocycles. The molecule has 0 amide bonds. The standard InChI is InChI=1S/C27H25N3O3.C14H10N2O2.C13H16FNO.C11H12FNO.CH2O3.2Cs.H/c31-24(25-29-22-5-1-2-6-23(22)30-25)19-7-9-20(10-8-19)33-26-21(4-3-16-28-26)18-11-13-27(14-12-18)15-17-32-27;17-10-7-5-9(6-8-10)13(18)14-15-11-3-1-2-4-12(11)16-14;14-12-11(2-1-8-15-12)10-3-5-13(6-4-10)7-9-16-13;12-11-10(2-1-7-13-11)8-3-5-9(14)6-4-8;2-1-4-3;;;/h1-10,16,18H,11-15,17H2,(H,29,30);1-8,17H,(H,15,16);1-2,8,10H,3-7,9H2;1-2,7-8H,3-6H2;1,3H;;;/q;;;;;2*+1;-1/p-1. The number of nitrogens with one attached hydrogen (secondary N) is 2. The number of hydrogen-bond donors (Lipinski definition) is 3. The van der Waals surface area contributed by atoms with E-state index in [1.165, 1.54) is 37.4 Å². The van der Waals surface area contributed by atoms with Gasteiger partial charge in [0, 0.05) is 59.2 Å². The second-order valence-electron chi connectivity index (χ2n) is 21.8. The van der Waals surface area contributed by atoms with E-state index in [0.717, 1.165) is 111 Å². The predicted molar refractivity (Wildman–Crippen MR) is 310 cm³/mol. The van der Waals surface area contributed by atoms with Gasteiger partial charge in [-0.05, 0) is 186 Å². The van der Waals surface area contributed by atoms with Gasteiger partial charge in [0.25, 0.3) is 6.47 Å². The summed E-state index contributed by atoms with van der Waals surface area (Å²) in [6.45, 7) is 1.63. The Hall–Kier alpha value is -4.81. The summed E-state index contributed by atoms with van der Waals surface area (Å²) in [6, 6.07) is 39.7. The van der Waals surface area contributed by atoms with Gasteiger partial charge in [-0.15, -0.1) is 0 Å². The number of carbonyl (C=O) groups is 4. The molecule has 3 N–H and O–H groups in total. The Labute approximate surface area is 621 Å². The summed E-state index contributed by atoms with van der Waals surface area (Å²) < 4.78 is 44.5. The zero-order chi connectivity index (χ0) is 59.2. The molecule has 14 rings (SSSR count). The SMILES string of the molecule is Fc1ncccc1C1CCC2(CCO2)CC1.O=C(c1ccc(O)cc1)c1nc2ccccc2[nH]1.O=C(c1ccc(Oc2ncccc2C2CCC3(CCO3)CC2)cc1)c1nc2ccccc2[nH]1.O=C1CCC(c2cccnc2F)CC1.O=CO[O-].[Cs+].[Cs+].[H-]. The summed E-state index contributed by atoms with van der Waals surface area (Å²) in [5.74, 6) is 2.31. The number of fused-ring (bicyclic) bond motifs is 2.